The topological polar surface area (TPSA) is 89.3 Å². The number of hydrogen-bond acceptors (Lipinski definition) is 3. The number of nitrogens with two attached hydrogens (primary N) is 1. The van der Waals surface area contributed by atoms with E-state index >= 15 is 0 Å². The number of amides is 1. The Hall–Kier alpha value is -0.820. The van der Waals surface area contributed by atoms with Crippen LogP contribution >= 0.6 is 23.2 Å². The highest BCUT2D eigenvalue weighted by Crippen LogP contribution is 2.38. The maximum absolute atomic E-state index is 11.9. The van der Waals surface area contributed by atoms with Crippen molar-refractivity contribution in [2.24, 2.45) is 11.1 Å². The molecule has 0 bridgehead atoms. The number of carbonyl (C=O) groups is 1. The van der Waals surface area contributed by atoms with Crippen LogP contribution < -0.4 is 10.5 Å². The molecular weight excluding hydrogens is 323 g/mol. The van der Waals surface area contributed by atoms with Gasteiger partial charge in [-0.2, -0.15) is 0 Å². The molecule has 110 valence electrons. The van der Waals surface area contributed by atoms with Crippen molar-refractivity contribution >= 4 is 44.8 Å². The van der Waals surface area contributed by atoms with E-state index in [1.165, 1.54) is 13.0 Å². The van der Waals surface area contributed by atoms with E-state index in [0.29, 0.717) is 0 Å². The van der Waals surface area contributed by atoms with E-state index in [2.05, 4.69) is 5.32 Å². The van der Waals surface area contributed by atoms with Gasteiger partial charge in [-0.05, 0) is 31.4 Å². The fourth-order valence-corrected chi connectivity index (χ4v) is 3.48. The molecule has 1 fully saturated rings. The molecule has 1 amide bonds. The van der Waals surface area contributed by atoms with Crippen LogP contribution in [0.2, 0.25) is 10.0 Å². The minimum atomic E-state index is -3.92. The molecule has 1 aliphatic carbocycles. The monoisotopic (exact) mass is 336 g/mol. The van der Waals surface area contributed by atoms with Gasteiger partial charge in [0.05, 0.1) is 20.6 Å². The highest BCUT2D eigenvalue weighted by molar-refractivity contribution is 7.89. The number of carbonyl (C=O) groups excluding carboxylic acids is 1. The number of hydrogen-bond donors (Lipinski definition) is 2. The molecule has 0 aliphatic heterocycles. The van der Waals surface area contributed by atoms with Crippen molar-refractivity contribution in [3.05, 3.63) is 21.7 Å². The first-order chi connectivity index (χ1) is 9.21. The van der Waals surface area contributed by atoms with E-state index in [4.69, 9.17) is 28.3 Å². The van der Waals surface area contributed by atoms with E-state index in [1.807, 2.05) is 0 Å². The molecule has 8 heteroatoms. The first-order valence-corrected chi connectivity index (χ1v) is 8.34. The zero-order valence-corrected chi connectivity index (χ0v) is 13.1. The lowest BCUT2D eigenvalue weighted by Gasteiger charge is -2.25. The average Bonchev–Trinajstić information content (AvgIpc) is 2.25. The summed E-state index contributed by atoms with van der Waals surface area (Å²) in [6.07, 6.45) is 2.72. The fraction of sp³-hybridized carbons (Fsp3) is 0.417. The van der Waals surface area contributed by atoms with Gasteiger partial charge in [-0.15, -0.1) is 0 Å². The van der Waals surface area contributed by atoms with Gasteiger partial charge < -0.3 is 5.32 Å². The minimum Gasteiger partial charge on any atom is -0.323 e. The number of rotatable bonds is 3. The van der Waals surface area contributed by atoms with Crippen LogP contribution in [0.5, 0.6) is 0 Å². The minimum absolute atomic E-state index is 0.0274. The number of benzene rings is 1. The van der Waals surface area contributed by atoms with Crippen molar-refractivity contribution in [2.75, 3.05) is 5.32 Å². The molecule has 0 unspecified atom stereocenters. The van der Waals surface area contributed by atoms with E-state index in [-0.39, 0.29) is 38.0 Å². The van der Waals surface area contributed by atoms with Crippen LogP contribution in [-0.2, 0) is 14.8 Å². The quantitative estimate of drug-likeness (QED) is 0.889. The first kappa shape index (κ1) is 15.6. The first-order valence-electron chi connectivity index (χ1n) is 6.04. The summed E-state index contributed by atoms with van der Waals surface area (Å²) in [5, 5.41) is 7.90. The zero-order chi connectivity index (χ0) is 15.1. The Morgan fingerprint density at radius 3 is 2.45 bits per heavy atom. The predicted octanol–water partition coefficient (Wildman–Crippen LogP) is 2.69. The second-order valence-electron chi connectivity index (χ2n) is 4.83. The molecule has 0 aromatic heterocycles. The maximum Gasteiger partial charge on any atom is 0.238 e. The Labute approximate surface area is 127 Å². The number of primary sulfonamides is 1. The zero-order valence-electron chi connectivity index (χ0n) is 10.7. The van der Waals surface area contributed by atoms with E-state index in [1.54, 1.807) is 0 Å². The fourth-order valence-electron chi connectivity index (χ4n) is 2.00. The number of sulfonamides is 1. The average molecular weight is 337 g/mol. The highest BCUT2D eigenvalue weighted by atomic mass is 35.5. The summed E-state index contributed by atoms with van der Waals surface area (Å²) in [5.41, 5.74) is 0.498. The van der Waals surface area contributed by atoms with Crippen molar-refractivity contribution in [3.63, 3.8) is 0 Å². The molecule has 1 aromatic carbocycles. The molecule has 2 rings (SSSR count). The third-order valence-corrected chi connectivity index (χ3v) is 5.25. The number of nitrogens with one attached hydrogen (secondary N) is 1. The SMILES string of the molecule is Cc1c(S(N)(=O)=O)cc(Cl)c(NC(=O)C2CCC2)c1Cl. The molecule has 1 saturated carbocycles. The van der Waals surface area contributed by atoms with Gasteiger partial charge >= 0.3 is 0 Å². The predicted molar refractivity (Wildman–Crippen MR) is 78.5 cm³/mol. The molecule has 1 aromatic rings. The Kier molecular flexibility index (Phi) is 4.30. The summed E-state index contributed by atoms with van der Waals surface area (Å²) >= 11 is 12.1. The van der Waals surface area contributed by atoms with Gasteiger partial charge in [0, 0.05) is 5.92 Å². The maximum atomic E-state index is 11.9. The lowest BCUT2D eigenvalue weighted by atomic mass is 9.85. The van der Waals surface area contributed by atoms with Crippen molar-refractivity contribution < 1.29 is 13.2 Å². The van der Waals surface area contributed by atoms with Crippen molar-refractivity contribution in [1.29, 1.82) is 0 Å². The van der Waals surface area contributed by atoms with Gasteiger partial charge in [-0.1, -0.05) is 29.6 Å². The van der Waals surface area contributed by atoms with Gasteiger partial charge in [-0.3, -0.25) is 4.79 Å². The van der Waals surface area contributed by atoms with Gasteiger partial charge in [0.2, 0.25) is 15.9 Å². The third-order valence-electron chi connectivity index (χ3n) is 3.45. The Morgan fingerprint density at radius 2 is 2.00 bits per heavy atom. The highest BCUT2D eigenvalue weighted by Gasteiger charge is 2.27. The van der Waals surface area contributed by atoms with Crippen LogP contribution in [0.1, 0.15) is 24.8 Å². The molecule has 0 radical (unpaired) electrons. The van der Waals surface area contributed by atoms with Gasteiger partial charge in [0.15, 0.2) is 0 Å². The molecule has 3 N–H and O–H groups in total. The summed E-state index contributed by atoms with van der Waals surface area (Å²) in [5.74, 6) is -0.178. The van der Waals surface area contributed by atoms with Crippen LogP contribution in [0.4, 0.5) is 5.69 Å². The lowest BCUT2D eigenvalue weighted by molar-refractivity contribution is -0.122. The van der Waals surface area contributed by atoms with E-state index in [9.17, 15) is 13.2 Å². The van der Waals surface area contributed by atoms with Crippen LogP contribution in [0, 0.1) is 12.8 Å². The van der Waals surface area contributed by atoms with Gasteiger partial charge in [-0.25, -0.2) is 13.6 Å². The summed E-state index contributed by atoms with van der Waals surface area (Å²) in [6, 6.07) is 1.20. The standard InChI is InChI=1S/C12H14Cl2N2O3S/c1-6-9(20(15,18)19)5-8(13)11(10(6)14)16-12(17)7-3-2-4-7/h5,7H,2-4H2,1H3,(H,16,17)(H2,15,18,19). The summed E-state index contributed by atoms with van der Waals surface area (Å²) in [6.45, 7) is 1.51. The molecule has 0 atom stereocenters. The van der Waals surface area contributed by atoms with Crippen LogP contribution in [-0.4, -0.2) is 14.3 Å². The van der Waals surface area contributed by atoms with Crippen LogP contribution in [0.15, 0.2) is 11.0 Å². The normalized spacial score (nSPS) is 15.8. The Balaban J connectivity index is 2.40. The summed E-state index contributed by atoms with van der Waals surface area (Å²) < 4.78 is 22.9. The van der Waals surface area contributed by atoms with Crippen LogP contribution in [0.25, 0.3) is 0 Å². The number of anilines is 1. The molecule has 0 heterocycles. The Morgan fingerprint density at radius 1 is 1.40 bits per heavy atom. The summed E-state index contributed by atoms with van der Waals surface area (Å²) in [4.78, 5) is 11.8. The molecule has 20 heavy (non-hydrogen) atoms. The lowest BCUT2D eigenvalue weighted by Crippen LogP contribution is -2.28. The molecule has 1 aliphatic rings. The molecule has 0 saturated heterocycles. The third kappa shape index (κ3) is 2.93. The molecular formula is C12H14Cl2N2O3S. The summed E-state index contributed by atoms with van der Waals surface area (Å²) in [7, 11) is -3.92. The number of halogens is 2. The van der Waals surface area contributed by atoms with Gasteiger partial charge in [0.1, 0.15) is 0 Å². The Bertz CT molecular complexity index is 670. The second-order valence-corrected chi connectivity index (χ2v) is 7.15. The van der Waals surface area contributed by atoms with Crippen molar-refractivity contribution in [3.8, 4) is 0 Å². The van der Waals surface area contributed by atoms with E-state index < -0.39 is 10.0 Å². The van der Waals surface area contributed by atoms with E-state index in [0.717, 1.165) is 19.3 Å². The smallest absolute Gasteiger partial charge is 0.238 e. The second kappa shape index (κ2) is 5.52. The van der Waals surface area contributed by atoms with Crippen molar-refractivity contribution in [1.82, 2.24) is 0 Å². The van der Waals surface area contributed by atoms with Crippen LogP contribution in [0.3, 0.4) is 0 Å². The largest absolute Gasteiger partial charge is 0.323 e. The van der Waals surface area contributed by atoms with Crippen molar-refractivity contribution in [2.45, 2.75) is 31.1 Å². The molecule has 5 nitrogen and oxygen atoms in total. The molecule has 0 spiro atoms. The van der Waals surface area contributed by atoms with Gasteiger partial charge in [0.25, 0.3) is 0 Å².